The van der Waals surface area contributed by atoms with Gasteiger partial charge in [-0.15, -0.1) is 0 Å². The predicted molar refractivity (Wildman–Crippen MR) is 84.7 cm³/mol. The minimum Gasteiger partial charge on any atom is -0.487 e. The van der Waals surface area contributed by atoms with Crippen molar-refractivity contribution in [3.63, 3.8) is 0 Å². The van der Waals surface area contributed by atoms with Gasteiger partial charge in [-0.2, -0.15) is 18.3 Å². The number of benzene rings is 1. The number of likely N-dealkylation sites (N-methyl/N-ethyl adjacent to an activating group) is 1. The monoisotopic (exact) mass is 340 g/mol. The molecule has 130 valence electrons. The van der Waals surface area contributed by atoms with E-state index in [4.69, 9.17) is 10.5 Å². The summed E-state index contributed by atoms with van der Waals surface area (Å²) in [5.41, 5.74) is 7.78. The molecule has 5 nitrogen and oxygen atoms in total. The fourth-order valence-electron chi connectivity index (χ4n) is 2.77. The van der Waals surface area contributed by atoms with E-state index in [0.717, 1.165) is 29.8 Å². The van der Waals surface area contributed by atoms with E-state index in [2.05, 4.69) is 10.00 Å². The lowest BCUT2D eigenvalue weighted by molar-refractivity contribution is -0.142. The Bertz CT molecular complexity index is 714. The molecule has 1 aromatic heterocycles. The van der Waals surface area contributed by atoms with Gasteiger partial charge in [0.15, 0.2) is 0 Å². The molecule has 0 saturated carbocycles. The lowest BCUT2D eigenvalue weighted by Gasteiger charge is -2.16. The average molecular weight is 340 g/mol. The van der Waals surface area contributed by atoms with Gasteiger partial charge >= 0.3 is 6.18 Å². The van der Waals surface area contributed by atoms with Crippen molar-refractivity contribution in [2.24, 2.45) is 0 Å². The number of nitrogen functional groups attached to an aromatic ring is 1. The van der Waals surface area contributed by atoms with Crippen LogP contribution < -0.4 is 10.5 Å². The number of nitrogens with zero attached hydrogens (tertiary/aromatic N) is 3. The smallest absolute Gasteiger partial charge is 0.408 e. The van der Waals surface area contributed by atoms with Crippen molar-refractivity contribution in [2.75, 3.05) is 25.9 Å². The summed E-state index contributed by atoms with van der Waals surface area (Å²) < 4.78 is 44.1. The van der Waals surface area contributed by atoms with Crippen LogP contribution >= 0.6 is 0 Å². The van der Waals surface area contributed by atoms with E-state index in [0.29, 0.717) is 17.0 Å². The van der Waals surface area contributed by atoms with E-state index in [-0.39, 0.29) is 6.10 Å². The molecule has 2 heterocycles. The quantitative estimate of drug-likeness (QED) is 0.870. The number of anilines is 1. The fraction of sp³-hybridized carbons (Fsp3) is 0.438. The van der Waals surface area contributed by atoms with Gasteiger partial charge in [-0.05, 0) is 31.2 Å². The summed E-state index contributed by atoms with van der Waals surface area (Å²) in [6.45, 7) is 0.682. The molecule has 1 aromatic carbocycles. The lowest BCUT2D eigenvalue weighted by Crippen LogP contribution is -2.21. The molecule has 0 bridgehead atoms. The normalized spacial score (nSPS) is 18.9. The zero-order chi connectivity index (χ0) is 17.3. The Labute approximate surface area is 137 Å². The molecule has 2 aromatic rings. The Morgan fingerprint density at radius 2 is 2.12 bits per heavy atom. The molecule has 0 radical (unpaired) electrons. The van der Waals surface area contributed by atoms with E-state index < -0.39 is 12.7 Å². The molecule has 1 unspecified atom stereocenters. The van der Waals surface area contributed by atoms with Crippen LogP contribution in [0.3, 0.4) is 0 Å². The summed E-state index contributed by atoms with van der Waals surface area (Å²) in [4.78, 5) is 2.17. The maximum atomic E-state index is 12.4. The maximum Gasteiger partial charge on any atom is 0.408 e. The number of hydrogen-bond acceptors (Lipinski definition) is 4. The van der Waals surface area contributed by atoms with Gasteiger partial charge in [-0.25, -0.2) is 0 Å². The van der Waals surface area contributed by atoms with Crippen LogP contribution in [0, 0.1) is 0 Å². The highest BCUT2D eigenvalue weighted by Gasteiger charge is 2.28. The number of aromatic nitrogens is 2. The van der Waals surface area contributed by atoms with Crippen LogP contribution in [0.15, 0.2) is 30.6 Å². The molecule has 1 atom stereocenters. The molecule has 8 heteroatoms. The standard InChI is InChI=1S/C16H19F3N4O/c1-22-5-4-13(9-22)24-15-6-11(2-3-14(15)20)12-7-21-23(8-12)10-16(17,18)19/h2-3,6-8,13H,4-5,9-10,20H2,1H3. The van der Waals surface area contributed by atoms with Gasteiger partial charge in [0.2, 0.25) is 0 Å². The number of ether oxygens (including phenoxy) is 1. The summed E-state index contributed by atoms with van der Waals surface area (Å²) in [5.74, 6) is 0.552. The Hall–Kier alpha value is -2.22. The second kappa shape index (κ2) is 6.35. The van der Waals surface area contributed by atoms with Gasteiger partial charge in [0.25, 0.3) is 0 Å². The van der Waals surface area contributed by atoms with Gasteiger partial charge in [0.05, 0.1) is 11.9 Å². The van der Waals surface area contributed by atoms with Crippen molar-refractivity contribution in [1.82, 2.24) is 14.7 Å². The molecule has 3 rings (SSSR count). The molecule has 0 spiro atoms. The van der Waals surface area contributed by atoms with Crippen LogP contribution in [-0.4, -0.2) is 47.1 Å². The third-order valence-electron chi connectivity index (χ3n) is 3.96. The van der Waals surface area contributed by atoms with Crippen molar-refractivity contribution in [3.05, 3.63) is 30.6 Å². The largest absolute Gasteiger partial charge is 0.487 e. The van der Waals surface area contributed by atoms with Crippen LogP contribution in [0.1, 0.15) is 6.42 Å². The average Bonchev–Trinajstić information content (AvgIpc) is 3.09. The van der Waals surface area contributed by atoms with Crippen LogP contribution in [0.4, 0.5) is 18.9 Å². The Morgan fingerprint density at radius 3 is 2.79 bits per heavy atom. The molecule has 1 fully saturated rings. The van der Waals surface area contributed by atoms with Crippen molar-refractivity contribution >= 4 is 5.69 Å². The Balaban J connectivity index is 1.78. The topological polar surface area (TPSA) is 56.3 Å². The third kappa shape index (κ3) is 4.00. The SMILES string of the molecule is CN1CCC(Oc2cc(-c3cnn(CC(F)(F)F)c3)ccc2N)C1. The molecule has 0 aliphatic carbocycles. The summed E-state index contributed by atoms with van der Waals surface area (Å²) in [7, 11) is 2.03. The molecular formula is C16H19F3N4O. The Morgan fingerprint density at radius 1 is 1.33 bits per heavy atom. The van der Waals surface area contributed by atoms with E-state index in [1.165, 1.54) is 12.4 Å². The first-order valence-corrected chi connectivity index (χ1v) is 7.64. The van der Waals surface area contributed by atoms with Gasteiger partial charge in [-0.1, -0.05) is 6.07 Å². The number of hydrogen-bond donors (Lipinski definition) is 1. The maximum absolute atomic E-state index is 12.4. The molecule has 1 saturated heterocycles. The molecule has 1 aliphatic rings. The second-order valence-corrected chi connectivity index (χ2v) is 6.09. The third-order valence-corrected chi connectivity index (χ3v) is 3.96. The van der Waals surface area contributed by atoms with Gasteiger partial charge in [0.1, 0.15) is 18.4 Å². The zero-order valence-corrected chi connectivity index (χ0v) is 13.3. The second-order valence-electron chi connectivity index (χ2n) is 6.09. The van der Waals surface area contributed by atoms with E-state index in [1.807, 2.05) is 7.05 Å². The first kappa shape index (κ1) is 16.6. The Kier molecular flexibility index (Phi) is 4.40. The van der Waals surface area contributed by atoms with E-state index in [1.54, 1.807) is 18.2 Å². The molecule has 0 amide bonds. The summed E-state index contributed by atoms with van der Waals surface area (Å²) >= 11 is 0. The number of alkyl halides is 3. The first-order chi connectivity index (χ1) is 11.3. The van der Waals surface area contributed by atoms with Crippen molar-refractivity contribution in [1.29, 1.82) is 0 Å². The highest BCUT2D eigenvalue weighted by Crippen LogP contribution is 2.31. The van der Waals surface area contributed by atoms with Crippen molar-refractivity contribution in [3.8, 4) is 16.9 Å². The number of nitrogens with two attached hydrogens (primary N) is 1. The van der Waals surface area contributed by atoms with Crippen LogP contribution in [-0.2, 0) is 6.54 Å². The van der Waals surface area contributed by atoms with Crippen molar-refractivity contribution < 1.29 is 17.9 Å². The molecular weight excluding hydrogens is 321 g/mol. The van der Waals surface area contributed by atoms with E-state index >= 15 is 0 Å². The van der Waals surface area contributed by atoms with Gasteiger partial charge in [0, 0.05) is 24.8 Å². The van der Waals surface area contributed by atoms with Gasteiger partial charge < -0.3 is 15.4 Å². The minimum atomic E-state index is -4.30. The number of rotatable bonds is 4. The molecule has 24 heavy (non-hydrogen) atoms. The fourth-order valence-corrected chi connectivity index (χ4v) is 2.77. The summed E-state index contributed by atoms with van der Waals surface area (Å²) in [5, 5.41) is 3.76. The minimum absolute atomic E-state index is 0.0699. The van der Waals surface area contributed by atoms with Crippen molar-refractivity contribution in [2.45, 2.75) is 25.2 Å². The first-order valence-electron chi connectivity index (χ1n) is 7.64. The van der Waals surface area contributed by atoms with Crippen LogP contribution in [0.25, 0.3) is 11.1 Å². The van der Waals surface area contributed by atoms with Crippen LogP contribution in [0.5, 0.6) is 5.75 Å². The zero-order valence-electron chi connectivity index (χ0n) is 13.3. The highest BCUT2D eigenvalue weighted by molar-refractivity contribution is 5.69. The van der Waals surface area contributed by atoms with Gasteiger partial charge in [-0.3, -0.25) is 4.68 Å². The molecule has 1 aliphatic heterocycles. The van der Waals surface area contributed by atoms with Crippen LogP contribution in [0.2, 0.25) is 0 Å². The lowest BCUT2D eigenvalue weighted by atomic mass is 10.1. The molecule has 2 N–H and O–H groups in total. The summed E-state index contributed by atoms with van der Waals surface area (Å²) in [6.07, 6.45) is -0.534. The summed E-state index contributed by atoms with van der Waals surface area (Å²) in [6, 6.07) is 5.20. The number of halogens is 3. The highest BCUT2D eigenvalue weighted by atomic mass is 19.4. The number of likely N-dealkylation sites (tertiary alicyclic amines) is 1. The van der Waals surface area contributed by atoms with E-state index in [9.17, 15) is 13.2 Å². The predicted octanol–water partition coefficient (Wildman–Crippen LogP) is 2.78.